The number of hydrogen-bond acceptors (Lipinski definition) is 3. The van der Waals surface area contributed by atoms with Gasteiger partial charge in [0.1, 0.15) is 11.6 Å². The van der Waals surface area contributed by atoms with Crippen molar-refractivity contribution in [3.63, 3.8) is 0 Å². The third-order valence-corrected chi connectivity index (χ3v) is 5.13. The fourth-order valence-electron chi connectivity index (χ4n) is 3.48. The number of amides is 2. The van der Waals surface area contributed by atoms with Crippen LogP contribution in [0, 0.1) is 0 Å². The van der Waals surface area contributed by atoms with Crippen LogP contribution in [0.2, 0.25) is 5.02 Å². The number of aromatic nitrogens is 2. The van der Waals surface area contributed by atoms with Crippen LogP contribution in [0.3, 0.4) is 0 Å². The van der Waals surface area contributed by atoms with E-state index in [1.54, 1.807) is 29.4 Å². The highest BCUT2D eigenvalue weighted by atomic mass is 35.5. The molecule has 3 aromatic rings. The van der Waals surface area contributed by atoms with Crippen molar-refractivity contribution in [2.45, 2.75) is 25.4 Å². The molecule has 1 atom stereocenters. The van der Waals surface area contributed by atoms with Gasteiger partial charge in [-0.25, -0.2) is 4.98 Å². The van der Waals surface area contributed by atoms with Crippen molar-refractivity contribution in [3.05, 3.63) is 64.9 Å². The van der Waals surface area contributed by atoms with Crippen molar-refractivity contribution in [2.75, 3.05) is 6.54 Å². The number of likely N-dealkylation sites (tertiary alicyclic amines) is 1. The molecule has 0 spiro atoms. The number of rotatable bonds is 4. The number of hydrogen-bond donors (Lipinski definition) is 2. The lowest BCUT2D eigenvalue weighted by Crippen LogP contribution is -2.45. The van der Waals surface area contributed by atoms with E-state index in [1.165, 1.54) is 0 Å². The van der Waals surface area contributed by atoms with E-state index in [1.807, 2.05) is 24.3 Å². The van der Waals surface area contributed by atoms with Crippen LogP contribution < -0.4 is 5.32 Å². The number of nitrogens with zero attached hydrogens (tertiary/aromatic N) is 2. The molecule has 0 aliphatic carbocycles. The van der Waals surface area contributed by atoms with E-state index in [4.69, 9.17) is 11.6 Å². The number of fused-ring (bicyclic) bond motifs is 1. The maximum absolute atomic E-state index is 13.1. The molecule has 6 nitrogen and oxygen atoms in total. The first-order valence-electron chi connectivity index (χ1n) is 8.89. The maximum atomic E-state index is 13.1. The third-order valence-electron chi connectivity index (χ3n) is 4.88. The van der Waals surface area contributed by atoms with Gasteiger partial charge in [-0.3, -0.25) is 9.59 Å². The number of para-hydroxylation sites is 1. The molecule has 0 bridgehead atoms. The highest BCUT2D eigenvalue weighted by molar-refractivity contribution is 6.30. The van der Waals surface area contributed by atoms with E-state index in [2.05, 4.69) is 15.3 Å². The van der Waals surface area contributed by atoms with E-state index in [0.717, 1.165) is 17.5 Å². The Balaban J connectivity index is 1.48. The Morgan fingerprint density at radius 3 is 2.85 bits per heavy atom. The predicted molar refractivity (Wildman–Crippen MR) is 103 cm³/mol. The summed E-state index contributed by atoms with van der Waals surface area (Å²) < 4.78 is 0. The van der Waals surface area contributed by atoms with Crippen LogP contribution in [0.1, 0.15) is 28.8 Å². The largest absolute Gasteiger partial charge is 0.350 e. The van der Waals surface area contributed by atoms with Crippen LogP contribution in [0.25, 0.3) is 11.0 Å². The quantitative estimate of drug-likeness (QED) is 0.727. The molecule has 1 unspecified atom stereocenters. The minimum atomic E-state index is -0.459. The molecule has 1 fully saturated rings. The summed E-state index contributed by atoms with van der Waals surface area (Å²) in [6.07, 6.45) is 3.04. The van der Waals surface area contributed by atoms with E-state index < -0.39 is 6.04 Å². The number of imidazole rings is 1. The van der Waals surface area contributed by atoms with Gasteiger partial charge < -0.3 is 15.2 Å². The van der Waals surface area contributed by atoms with E-state index >= 15 is 0 Å². The predicted octanol–water partition coefficient (Wildman–Crippen LogP) is 3.14. The van der Waals surface area contributed by atoms with Gasteiger partial charge in [0.25, 0.3) is 5.91 Å². The second-order valence-electron chi connectivity index (χ2n) is 6.61. The molecule has 1 aromatic heterocycles. The second kappa shape index (κ2) is 7.40. The molecule has 27 heavy (non-hydrogen) atoms. The number of carbonyl (C=O) groups excluding carboxylic acids is 2. The summed E-state index contributed by atoms with van der Waals surface area (Å²) in [6.45, 7) is 0.974. The minimum Gasteiger partial charge on any atom is -0.350 e. The topological polar surface area (TPSA) is 78.1 Å². The highest BCUT2D eigenvalue weighted by Crippen LogP contribution is 2.23. The smallest absolute Gasteiger partial charge is 0.256 e. The Hall–Kier alpha value is -2.86. The van der Waals surface area contributed by atoms with Gasteiger partial charge in [0.05, 0.1) is 17.4 Å². The Kier molecular flexibility index (Phi) is 4.81. The summed E-state index contributed by atoms with van der Waals surface area (Å²) in [5.41, 5.74) is 2.93. The molecule has 2 aromatic carbocycles. The van der Waals surface area contributed by atoms with Crippen LogP contribution in [0.4, 0.5) is 0 Å². The maximum Gasteiger partial charge on any atom is 0.256 e. The molecular weight excluding hydrogens is 364 g/mol. The standard InChI is InChI=1S/C20H19ClN4O2/c21-14-8-6-13(7-9-14)11-22-19(26)17-5-2-10-25(17)20(27)15-3-1-4-16-18(15)24-12-23-16/h1,3-4,6-9,12,17H,2,5,10-11H2,(H,22,26)(H,23,24). The number of H-pyrrole nitrogens is 1. The summed E-state index contributed by atoms with van der Waals surface area (Å²) in [5, 5.41) is 3.59. The summed E-state index contributed by atoms with van der Waals surface area (Å²) >= 11 is 5.88. The monoisotopic (exact) mass is 382 g/mol. The minimum absolute atomic E-state index is 0.134. The van der Waals surface area contributed by atoms with Gasteiger partial charge in [-0.15, -0.1) is 0 Å². The summed E-state index contributed by atoms with van der Waals surface area (Å²) in [4.78, 5) is 34.7. The summed E-state index contributed by atoms with van der Waals surface area (Å²) in [6, 6.07) is 12.3. The Morgan fingerprint density at radius 2 is 2.04 bits per heavy atom. The molecule has 1 aliphatic heterocycles. The van der Waals surface area contributed by atoms with Crippen molar-refractivity contribution in [1.29, 1.82) is 0 Å². The molecule has 2 N–H and O–H groups in total. The molecule has 138 valence electrons. The summed E-state index contributed by atoms with van der Waals surface area (Å²) in [7, 11) is 0. The van der Waals surface area contributed by atoms with Crippen LogP contribution >= 0.6 is 11.6 Å². The van der Waals surface area contributed by atoms with Gasteiger partial charge in [0, 0.05) is 18.1 Å². The van der Waals surface area contributed by atoms with Gasteiger partial charge in [-0.2, -0.15) is 0 Å². The lowest BCUT2D eigenvalue weighted by molar-refractivity contribution is -0.125. The number of benzene rings is 2. The van der Waals surface area contributed by atoms with Crippen molar-refractivity contribution >= 4 is 34.4 Å². The van der Waals surface area contributed by atoms with Crippen LogP contribution in [0.5, 0.6) is 0 Å². The Morgan fingerprint density at radius 1 is 1.22 bits per heavy atom. The van der Waals surface area contributed by atoms with Crippen molar-refractivity contribution in [2.24, 2.45) is 0 Å². The first-order chi connectivity index (χ1) is 13.1. The average Bonchev–Trinajstić information content (AvgIpc) is 3.35. The first-order valence-corrected chi connectivity index (χ1v) is 9.26. The molecule has 7 heteroatoms. The third kappa shape index (κ3) is 3.53. The average molecular weight is 383 g/mol. The molecule has 1 aliphatic rings. The number of carbonyl (C=O) groups is 2. The van der Waals surface area contributed by atoms with Gasteiger partial charge in [0.15, 0.2) is 0 Å². The number of nitrogens with one attached hydrogen (secondary N) is 2. The molecule has 4 rings (SSSR count). The number of halogens is 1. The zero-order chi connectivity index (χ0) is 18.8. The Labute approximate surface area is 161 Å². The van der Waals surface area contributed by atoms with Crippen molar-refractivity contribution < 1.29 is 9.59 Å². The normalized spacial score (nSPS) is 16.6. The fraction of sp³-hybridized carbons (Fsp3) is 0.250. The zero-order valence-corrected chi connectivity index (χ0v) is 15.4. The second-order valence-corrected chi connectivity index (χ2v) is 7.04. The lowest BCUT2D eigenvalue weighted by Gasteiger charge is -2.24. The first kappa shape index (κ1) is 17.5. The molecule has 2 amide bonds. The van der Waals surface area contributed by atoms with Crippen LogP contribution in [-0.4, -0.2) is 39.3 Å². The van der Waals surface area contributed by atoms with E-state index in [-0.39, 0.29) is 11.8 Å². The van der Waals surface area contributed by atoms with E-state index in [9.17, 15) is 9.59 Å². The van der Waals surface area contributed by atoms with Crippen molar-refractivity contribution in [3.8, 4) is 0 Å². The zero-order valence-electron chi connectivity index (χ0n) is 14.6. The molecule has 1 saturated heterocycles. The molecule has 0 radical (unpaired) electrons. The van der Waals surface area contributed by atoms with Crippen LogP contribution in [0.15, 0.2) is 48.8 Å². The van der Waals surface area contributed by atoms with Gasteiger partial charge in [-0.1, -0.05) is 29.8 Å². The van der Waals surface area contributed by atoms with E-state index in [0.29, 0.717) is 35.6 Å². The highest BCUT2D eigenvalue weighted by Gasteiger charge is 2.35. The number of aromatic amines is 1. The molecular formula is C20H19ClN4O2. The van der Waals surface area contributed by atoms with Crippen molar-refractivity contribution in [1.82, 2.24) is 20.2 Å². The fourth-order valence-corrected chi connectivity index (χ4v) is 3.61. The molecule has 2 heterocycles. The van der Waals surface area contributed by atoms with Gasteiger partial charge >= 0.3 is 0 Å². The van der Waals surface area contributed by atoms with Crippen LogP contribution in [-0.2, 0) is 11.3 Å². The summed E-state index contributed by atoms with van der Waals surface area (Å²) in [5.74, 6) is -0.290. The van der Waals surface area contributed by atoms with Gasteiger partial charge in [0.2, 0.25) is 5.91 Å². The SMILES string of the molecule is O=C(NCc1ccc(Cl)cc1)C1CCCN1C(=O)c1cccc2[nH]cnc12. The Bertz CT molecular complexity index is 983. The van der Waals surface area contributed by atoms with Gasteiger partial charge in [-0.05, 0) is 42.7 Å². The lowest BCUT2D eigenvalue weighted by atomic mass is 10.1. The molecule has 0 saturated carbocycles.